The van der Waals surface area contributed by atoms with Crippen LogP contribution in [0.1, 0.15) is 13.3 Å². The monoisotopic (exact) mass is 122 g/mol. The summed E-state index contributed by atoms with van der Waals surface area (Å²) in [6.07, 6.45) is 0.943. The van der Waals surface area contributed by atoms with Gasteiger partial charge in [0, 0.05) is 19.1 Å². The number of hydrogen-bond donors (Lipinski definition) is 0. The van der Waals surface area contributed by atoms with Crippen LogP contribution in [0.25, 0.3) is 0 Å². The first-order valence-corrected chi connectivity index (χ1v) is 2.84. The second kappa shape index (κ2) is 4.41. The van der Waals surface area contributed by atoms with E-state index < -0.39 is 0 Å². The Hall–Kier alpha value is 0.250. The maximum Gasteiger partial charge on any atom is 0.0476 e. The van der Waals surface area contributed by atoms with Crippen molar-refractivity contribution in [2.24, 2.45) is 0 Å². The SMILES string of the molecule is COCCC(C)Cl. The van der Waals surface area contributed by atoms with Crippen LogP contribution in [0.2, 0.25) is 0 Å². The van der Waals surface area contributed by atoms with E-state index in [1.54, 1.807) is 7.11 Å². The molecule has 1 nitrogen and oxygen atoms in total. The molecule has 0 aliphatic rings. The van der Waals surface area contributed by atoms with Crippen molar-refractivity contribution < 1.29 is 4.74 Å². The molecule has 0 rings (SSSR count). The average Bonchev–Trinajstić information content (AvgIpc) is 1.61. The maximum absolute atomic E-state index is 5.58. The molecule has 0 N–H and O–H groups in total. The van der Waals surface area contributed by atoms with E-state index in [0.29, 0.717) is 0 Å². The summed E-state index contributed by atoms with van der Waals surface area (Å²) in [6, 6.07) is 0. The third kappa shape index (κ3) is 6.25. The molecule has 7 heavy (non-hydrogen) atoms. The lowest BCUT2D eigenvalue weighted by Gasteiger charge is -1.97. The van der Waals surface area contributed by atoms with Gasteiger partial charge in [-0.2, -0.15) is 0 Å². The van der Waals surface area contributed by atoms with Crippen LogP contribution in [0.15, 0.2) is 0 Å². The van der Waals surface area contributed by atoms with Gasteiger partial charge in [0.1, 0.15) is 0 Å². The lowest BCUT2D eigenvalue weighted by Crippen LogP contribution is -1.96. The van der Waals surface area contributed by atoms with Gasteiger partial charge in [0.05, 0.1) is 0 Å². The van der Waals surface area contributed by atoms with Crippen LogP contribution in [-0.4, -0.2) is 19.1 Å². The van der Waals surface area contributed by atoms with Crippen molar-refractivity contribution in [2.45, 2.75) is 18.7 Å². The lowest BCUT2D eigenvalue weighted by molar-refractivity contribution is 0.195. The Labute approximate surface area is 49.6 Å². The quantitative estimate of drug-likeness (QED) is 0.518. The summed E-state index contributed by atoms with van der Waals surface area (Å²) in [5, 5.41) is 0.250. The highest BCUT2D eigenvalue weighted by atomic mass is 35.5. The minimum atomic E-state index is 0.250. The second-order valence-electron chi connectivity index (χ2n) is 1.56. The molecule has 0 aromatic rings. The van der Waals surface area contributed by atoms with Gasteiger partial charge in [0.25, 0.3) is 0 Å². The van der Waals surface area contributed by atoms with Crippen LogP contribution >= 0.6 is 11.6 Å². The fourth-order valence-corrected chi connectivity index (χ4v) is 0.369. The van der Waals surface area contributed by atoms with Gasteiger partial charge in [-0.05, 0) is 13.3 Å². The minimum Gasteiger partial charge on any atom is -0.385 e. The number of hydrogen-bond acceptors (Lipinski definition) is 1. The summed E-state index contributed by atoms with van der Waals surface area (Å²) < 4.78 is 4.77. The molecule has 0 aromatic heterocycles. The minimum absolute atomic E-state index is 0.250. The highest BCUT2D eigenvalue weighted by Gasteiger charge is 1.91. The molecule has 0 aromatic carbocycles. The lowest BCUT2D eigenvalue weighted by atomic mass is 10.3. The second-order valence-corrected chi connectivity index (χ2v) is 2.31. The third-order valence-electron chi connectivity index (χ3n) is 0.720. The van der Waals surface area contributed by atoms with E-state index in [9.17, 15) is 0 Å². The Bertz CT molecular complexity index is 37.1. The molecule has 1 unspecified atom stereocenters. The fraction of sp³-hybridized carbons (Fsp3) is 1.00. The summed E-state index contributed by atoms with van der Waals surface area (Å²) in [4.78, 5) is 0. The number of ether oxygens (including phenoxy) is 1. The first-order valence-electron chi connectivity index (χ1n) is 2.40. The molecule has 0 aliphatic heterocycles. The van der Waals surface area contributed by atoms with E-state index in [1.807, 2.05) is 6.92 Å². The van der Waals surface area contributed by atoms with E-state index in [4.69, 9.17) is 16.3 Å². The van der Waals surface area contributed by atoms with Crippen LogP contribution in [0.3, 0.4) is 0 Å². The van der Waals surface area contributed by atoms with E-state index in [0.717, 1.165) is 13.0 Å². The average molecular weight is 123 g/mol. The molecular formula is C5H11ClO. The smallest absolute Gasteiger partial charge is 0.0476 e. The van der Waals surface area contributed by atoms with E-state index in [-0.39, 0.29) is 5.38 Å². The number of halogens is 1. The topological polar surface area (TPSA) is 9.23 Å². The molecule has 1 atom stereocenters. The van der Waals surface area contributed by atoms with E-state index >= 15 is 0 Å². The number of methoxy groups -OCH3 is 1. The first-order chi connectivity index (χ1) is 3.27. The summed E-state index contributed by atoms with van der Waals surface area (Å²) >= 11 is 5.58. The van der Waals surface area contributed by atoms with Crippen molar-refractivity contribution in [3.05, 3.63) is 0 Å². The molecule has 0 fully saturated rings. The van der Waals surface area contributed by atoms with Crippen molar-refractivity contribution in [1.82, 2.24) is 0 Å². The molecule has 0 bridgehead atoms. The zero-order chi connectivity index (χ0) is 5.70. The normalized spacial score (nSPS) is 14.1. The Kier molecular flexibility index (Phi) is 4.57. The zero-order valence-corrected chi connectivity index (χ0v) is 5.53. The Morgan fingerprint density at radius 1 is 1.71 bits per heavy atom. The summed E-state index contributed by atoms with van der Waals surface area (Å²) in [5.41, 5.74) is 0. The van der Waals surface area contributed by atoms with Gasteiger partial charge in [-0.1, -0.05) is 0 Å². The molecular weight excluding hydrogens is 112 g/mol. The third-order valence-corrected chi connectivity index (χ3v) is 0.938. The molecule has 2 heteroatoms. The molecule has 0 saturated heterocycles. The van der Waals surface area contributed by atoms with Crippen LogP contribution in [-0.2, 0) is 4.74 Å². The molecule has 0 radical (unpaired) electrons. The maximum atomic E-state index is 5.58. The molecule has 0 aliphatic carbocycles. The van der Waals surface area contributed by atoms with Crippen molar-refractivity contribution in [3.63, 3.8) is 0 Å². The van der Waals surface area contributed by atoms with E-state index in [1.165, 1.54) is 0 Å². The summed E-state index contributed by atoms with van der Waals surface area (Å²) in [6.45, 7) is 2.73. The fourth-order valence-electron chi connectivity index (χ4n) is 0.280. The molecule has 44 valence electrons. The van der Waals surface area contributed by atoms with Crippen LogP contribution < -0.4 is 0 Å². The van der Waals surface area contributed by atoms with Gasteiger partial charge in [0.2, 0.25) is 0 Å². The molecule has 0 saturated carbocycles. The summed E-state index contributed by atoms with van der Waals surface area (Å²) in [7, 11) is 1.68. The van der Waals surface area contributed by atoms with Gasteiger partial charge in [-0.3, -0.25) is 0 Å². The van der Waals surface area contributed by atoms with Crippen LogP contribution in [0, 0.1) is 0 Å². The molecule has 0 heterocycles. The van der Waals surface area contributed by atoms with Crippen molar-refractivity contribution in [1.29, 1.82) is 0 Å². The van der Waals surface area contributed by atoms with Crippen LogP contribution in [0.5, 0.6) is 0 Å². The molecule has 0 spiro atoms. The van der Waals surface area contributed by atoms with Gasteiger partial charge < -0.3 is 4.74 Å². The zero-order valence-electron chi connectivity index (χ0n) is 4.78. The molecule has 0 amide bonds. The van der Waals surface area contributed by atoms with Crippen molar-refractivity contribution in [3.8, 4) is 0 Å². The van der Waals surface area contributed by atoms with Gasteiger partial charge in [-0.15, -0.1) is 11.6 Å². The summed E-state index contributed by atoms with van der Waals surface area (Å²) in [5.74, 6) is 0. The highest BCUT2D eigenvalue weighted by molar-refractivity contribution is 6.20. The van der Waals surface area contributed by atoms with Gasteiger partial charge in [-0.25, -0.2) is 0 Å². The van der Waals surface area contributed by atoms with Crippen LogP contribution in [0.4, 0.5) is 0 Å². The number of alkyl halides is 1. The predicted molar refractivity (Wildman–Crippen MR) is 31.8 cm³/mol. The Morgan fingerprint density at radius 3 is 2.43 bits per heavy atom. The predicted octanol–water partition coefficient (Wildman–Crippen LogP) is 1.65. The highest BCUT2D eigenvalue weighted by Crippen LogP contribution is 1.97. The van der Waals surface area contributed by atoms with Gasteiger partial charge in [0.15, 0.2) is 0 Å². The standard InChI is InChI=1S/C5H11ClO/c1-5(6)3-4-7-2/h5H,3-4H2,1-2H3. The van der Waals surface area contributed by atoms with Crippen molar-refractivity contribution >= 4 is 11.6 Å². The largest absolute Gasteiger partial charge is 0.385 e. The van der Waals surface area contributed by atoms with Crippen molar-refractivity contribution in [2.75, 3.05) is 13.7 Å². The Morgan fingerprint density at radius 2 is 2.29 bits per heavy atom. The first kappa shape index (κ1) is 7.25. The van der Waals surface area contributed by atoms with Gasteiger partial charge >= 0.3 is 0 Å². The van der Waals surface area contributed by atoms with E-state index in [2.05, 4.69) is 0 Å². The Balaban J connectivity index is 2.68. The number of rotatable bonds is 3.